The molecule has 0 heterocycles. The predicted molar refractivity (Wildman–Crippen MR) is 61.0 cm³/mol. The fourth-order valence-corrected chi connectivity index (χ4v) is 2.05. The zero-order valence-electron chi connectivity index (χ0n) is 9.71. The second-order valence-corrected chi connectivity index (χ2v) is 4.23. The lowest BCUT2D eigenvalue weighted by atomic mass is 9.92. The van der Waals surface area contributed by atoms with E-state index in [-0.39, 0.29) is 5.75 Å². The van der Waals surface area contributed by atoms with Gasteiger partial charge in [-0.3, -0.25) is 10.2 Å². The van der Waals surface area contributed by atoms with Crippen molar-refractivity contribution < 1.29 is 18.3 Å². The molecule has 0 saturated heterocycles. The predicted octanol–water partition coefficient (Wildman–Crippen LogP) is 1.53. The highest BCUT2D eigenvalue weighted by atomic mass is 19.3. The molecule has 1 aliphatic carbocycles. The molecule has 1 aliphatic rings. The number of carbonyl (C=O) groups excluding carboxylic acids is 1. The number of hydrazine groups is 1. The number of benzene rings is 1. The molecule has 0 bridgehead atoms. The van der Waals surface area contributed by atoms with Gasteiger partial charge in [0, 0.05) is 0 Å². The van der Waals surface area contributed by atoms with E-state index < -0.39 is 12.0 Å². The molecule has 0 radical (unpaired) electrons. The molecule has 1 amide bonds. The topological polar surface area (TPSA) is 64.3 Å². The van der Waals surface area contributed by atoms with Gasteiger partial charge in [-0.2, -0.15) is 8.78 Å². The van der Waals surface area contributed by atoms with E-state index in [0.717, 1.165) is 36.8 Å². The van der Waals surface area contributed by atoms with Crippen LogP contribution in [-0.2, 0) is 17.6 Å². The molecule has 3 N–H and O–H groups in total. The lowest BCUT2D eigenvalue weighted by molar-refractivity contribution is -0.192. The Morgan fingerprint density at radius 1 is 1.28 bits per heavy atom. The summed E-state index contributed by atoms with van der Waals surface area (Å²) in [7, 11) is 0. The lowest BCUT2D eigenvalue weighted by Gasteiger charge is -2.19. The van der Waals surface area contributed by atoms with Crippen molar-refractivity contribution in [1.82, 2.24) is 5.43 Å². The van der Waals surface area contributed by atoms with E-state index >= 15 is 0 Å². The maximum absolute atomic E-state index is 13.2. The first kappa shape index (κ1) is 12.8. The first-order chi connectivity index (χ1) is 8.53. The smallest absolute Gasteiger partial charge is 0.425 e. The van der Waals surface area contributed by atoms with Crippen molar-refractivity contribution in [2.75, 3.05) is 0 Å². The van der Waals surface area contributed by atoms with Crippen molar-refractivity contribution in [3.8, 4) is 5.75 Å². The number of nitrogens with one attached hydrogen (secondary N) is 1. The van der Waals surface area contributed by atoms with Gasteiger partial charge in [0.25, 0.3) is 0 Å². The Morgan fingerprint density at radius 2 is 1.94 bits per heavy atom. The SMILES string of the molecule is NNC(=O)C(F)(F)Oc1ccc2c(c1)CCCC2. The van der Waals surface area contributed by atoms with E-state index in [4.69, 9.17) is 0 Å². The summed E-state index contributed by atoms with van der Waals surface area (Å²) in [5.74, 6) is 2.97. The number of carbonyl (C=O) groups is 1. The molecular weight excluding hydrogens is 242 g/mol. The Balaban J connectivity index is 2.17. The molecule has 2 rings (SSSR count). The first-order valence-corrected chi connectivity index (χ1v) is 5.72. The van der Waals surface area contributed by atoms with E-state index in [0.29, 0.717) is 0 Å². The van der Waals surface area contributed by atoms with Crippen LogP contribution in [0.1, 0.15) is 24.0 Å². The van der Waals surface area contributed by atoms with Crippen LogP contribution in [0.15, 0.2) is 18.2 Å². The van der Waals surface area contributed by atoms with Crippen molar-refractivity contribution in [2.45, 2.75) is 31.8 Å². The van der Waals surface area contributed by atoms with Gasteiger partial charge in [0.1, 0.15) is 5.75 Å². The van der Waals surface area contributed by atoms with Crippen molar-refractivity contribution in [1.29, 1.82) is 0 Å². The average Bonchev–Trinajstić information content (AvgIpc) is 2.37. The van der Waals surface area contributed by atoms with Gasteiger partial charge in [0.2, 0.25) is 0 Å². The lowest BCUT2D eigenvalue weighted by Crippen LogP contribution is -2.47. The number of fused-ring (bicyclic) bond motifs is 1. The molecule has 0 spiro atoms. The highest BCUT2D eigenvalue weighted by Gasteiger charge is 2.41. The fourth-order valence-electron chi connectivity index (χ4n) is 2.05. The molecule has 98 valence electrons. The number of aryl methyl sites for hydroxylation is 2. The molecule has 0 aromatic heterocycles. The second-order valence-electron chi connectivity index (χ2n) is 4.23. The number of hydrogen-bond donors (Lipinski definition) is 2. The van der Waals surface area contributed by atoms with E-state index in [1.165, 1.54) is 11.5 Å². The van der Waals surface area contributed by atoms with Crippen LogP contribution in [0.4, 0.5) is 8.78 Å². The molecule has 0 fully saturated rings. The Morgan fingerprint density at radius 3 is 2.61 bits per heavy atom. The Kier molecular flexibility index (Phi) is 3.47. The molecule has 0 saturated carbocycles. The highest BCUT2D eigenvalue weighted by molar-refractivity contribution is 5.81. The average molecular weight is 256 g/mol. The molecule has 0 aliphatic heterocycles. The summed E-state index contributed by atoms with van der Waals surface area (Å²) >= 11 is 0. The zero-order valence-corrected chi connectivity index (χ0v) is 9.71. The molecule has 6 heteroatoms. The number of nitrogens with two attached hydrogens (primary N) is 1. The minimum Gasteiger partial charge on any atom is -0.425 e. The summed E-state index contributed by atoms with van der Waals surface area (Å²) in [6, 6.07) is 4.77. The number of halogens is 2. The van der Waals surface area contributed by atoms with E-state index in [1.54, 1.807) is 12.1 Å². The number of ether oxygens (including phenoxy) is 1. The molecule has 1 aromatic rings. The standard InChI is InChI=1S/C12H14F2N2O2/c13-12(14,11(17)16-15)18-10-6-5-8-3-1-2-4-9(8)7-10/h5-7H,1-4,15H2,(H,16,17). The molecular formula is C12H14F2N2O2. The van der Waals surface area contributed by atoms with Crippen LogP contribution in [0.2, 0.25) is 0 Å². The normalized spacial score (nSPS) is 14.8. The van der Waals surface area contributed by atoms with Gasteiger partial charge in [-0.25, -0.2) is 5.84 Å². The van der Waals surface area contributed by atoms with Crippen molar-refractivity contribution in [2.24, 2.45) is 5.84 Å². The van der Waals surface area contributed by atoms with E-state index in [9.17, 15) is 13.6 Å². The van der Waals surface area contributed by atoms with Crippen LogP contribution < -0.4 is 16.0 Å². The zero-order chi connectivity index (χ0) is 13.2. The monoisotopic (exact) mass is 256 g/mol. The Labute approximate surface area is 103 Å². The number of hydrogen-bond acceptors (Lipinski definition) is 3. The Hall–Kier alpha value is -1.69. The number of rotatable bonds is 3. The molecule has 4 nitrogen and oxygen atoms in total. The minimum atomic E-state index is -3.96. The van der Waals surface area contributed by atoms with Crippen LogP contribution >= 0.6 is 0 Å². The molecule has 0 atom stereocenters. The summed E-state index contributed by atoms with van der Waals surface area (Å²) in [6.45, 7) is 0. The summed E-state index contributed by atoms with van der Waals surface area (Å²) < 4.78 is 30.8. The third kappa shape index (κ3) is 2.59. The maximum atomic E-state index is 13.2. The van der Waals surface area contributed by atoms with Gasteiger partial charge >= 0.3 is 12.0 Å². The van der Waals surface area contributed by atoms with Gasteiger partial charge in [0.05, 0.1) is 0 Å². The summed E-state index contributed by atoms with van der Waals surface area (Å²) in [5, 5.41) is 0. The van der Waals surface area contributed by atoms with Crippen LogP contribution in [0.3, 0.4) is 0 Å². The molecule has 18 heavy (non-hydrogen) atoms. The number of amides is 1. The molecule has 1 aromatic carbocycles. The van der Waals surface area contributed by atoms with Gasteiger partial charge in [0.15, 0.2) is 0 Å². The third-order valence-corrected chi connectivity index (χ3v) is 2.96. The van der Waals surface area contributed by atoms with Crippen LogP contribution in [0, 0.1) is 0 Å². The van der Waals surface area contributed by atoms with Crippen LogP contribution in [0.5, 0.6) is 5.75 Å². The second kappa shape index (κ2) is 4.89. The third-order valence-electron chi connectivity index (χ3n) is 2.96. The number of alkyl halides is 2. The minimum absolute atomic E-state index is 0.0238. The highest BCUT2D eigenvalue weighted by Crippen LogP contribution is 2.28. The quantitative estimate of drug-likeness (QED) is 0.489. The Bertz CT molecular complexity index is 463. The van der Waals surface area contributed by atoms with Crippen LogP contribution in [-0.4, -0.2) is 12.0 Å². The van der Waals surface area contributed by atoms with Gasteiger partial charge < -0.3 is 4.74 Å². The van der Waals surface area contributed by atoms with Gasteiger partial charge in [-0.15, -0.1) is 0 Å². The van der Waals surface area contributed by atoms with Crippen LogP contribution in [0.25, 0.3) is 0 Å². The van der Waals surface area contributed by atoms with Crippen molar-refractivity contribution in [3.05, 3.63) is 29.3 Å². The van der Waals surface area contributed by atoms with E-state index in [1.807, 2.05) is 0 Å². The van der Waals surface area contributed by atoms with E-state index in [2.05, 4.69) is 10.6 Å². The summed E-state index contributed by atoms with van der Waals surface area (Å²) in [6.07, 6.45) is -0.0107. The maximum Gasteiger partial charge on any atom is 0.483 e. The first-order valence-electron chi connectivity index (χ1n) is 5.72. The largest absolute Gasteiger partial charge is 0.483 e. The molecule has 0 unspecified atom stereocenters. The van der Waals surface area contributed by atoms with Crippen molar-refractivity contribution in [3.63, 3.8) is 0 Å². The summed E-state index contributed by atoms with van der Waals surface area (Å²) in [4.78, 5) is 10.8. The van der Waals surface area contributed by atoms with Gasteiger partial charge in [-0.1, -0.05) is 6.07 Å². The van der Waals surface area contributed by atoms with Gasteiger partial charge in [-0.05, 0) is 48.9 Å². The summed E-state index contributed by atoms with van der Waals surface area (Å²) in [5.41, 5.74) is 3.53. The van der Waals surface area contributed by atoms with Crippen molar-refractivity contribution >= 4 is 5.91 Å². The fraction of sp³-hybridized carbons (Fsp3) is 0.417.